The zero-order valence-corrected chi connectivity index (χ0v) is 17.3. The summed E-state index contributed by atoms with van der Waals surface area (Å²) in [6.07, 6.45) is 5.40. The maximum atomic E-state index is 13.0. The molecule has 8 heteroatoms. The van der Waals surface area contributed by atoms with Crippen LogP contribution in [-0.4, -0.2) is 51.7 Å². The van der Waals surface area contributed by atoms with Crippen LogP contribution in [0.25, 0.3) is 22.4 Å². The summed E-state index contributed by atoms with van der Waals surface area (Å²) in [4.78, 5) is 31.8. The van der Waals surface area contributed by atoms with Crippen molar-refractivity contribution in [2.24, 2.45) is 0 Å². The monoisotopic (exact) mass is 409 g/mol. The average molecular weight is 409 g/mol. The van der Waals surface area contributed by atoms with E-state index in [0.29, 0.717) is 17.6 Å². The number of aryl methyl sites for hydroxylation is 2. The number of carbonyl (C=O) groups is 1. The Hall–Kier alpha value is -3.00. The highest BCUT2D eigenvalue weighted by Crippen LogP contribution is 2.24. The van der Waals surface area contributed by atoms with Crippen LogP contribution in [0.1, 0.15) is 31.2 Å². The predicted molar refractivity (Wildman–Crippen MR) is 114 cm³/mol. The second-order valence-electron chi connectivity index (χ2n) is 7.82. The van der Waals surface area contributed by atoms with E-state index in [-0.39, 0.29) is 30.1 Å². The summed E-state index contributed by atoms with van der Waals surface area (Å²) in [5, 5.41) is 7.33. The summed E-state index contributed by atoms with van der Waals surface area (Å²) >= 11 is 0. The van der Waals surface area contributed by atoms with Crippen molar-refractivity contribution < 1.29 is 9.32 Å². The molecule has 2 aromatic heterocycles. The van der Waals surface area contributed by atoms with Crippen molar-refractivity contribution in [3.63, 3.8) is 0 Å². The number of aromatic nitrogens is 3. The first-order valence-electron chi connectivity index (χ1n) is 10.5. The Labute approximate surface area is 174 Å². The molecule has 0 unspecified atom stereocenters. The summed E-state index contributed by atoms with van der Waals surface area (Å²) in [7, 11) is 0. The van der Waals surface area contributed by atoms with Crippen LogP contribution in [0.5, 0.6) is 0 Å². The van der Waals surface area contributed by atoms with Crippen LogP contribution in [0.2, 0.25) is 0 Å². The largest absolute Gasteiger partial charge is 0.355 e. The molecule has 0 bridgehead atoms. The minimum absolute atomic E-state index is 0.0666. The SMILES string of the molecule is Cc1ccc(-c2noc3ncn(CCC(=O)NCCN4CCCCC4)c(=O)c23)cc1. The van der Waals surface area contributed by atoms with Crippen LogP contribution in [0.3, 0.4) is 0 Å². The second kappa shape index (κ2) is 9.21. The number of piperidine rings is 1. The fourth-order valence-corrected chi connectivity index (χ4v) is 3.80. The maximum Gasteiger partial charge on any atom is 0.266 e. The maximum absolute atomic E-state index is 13.0. The molecular formula is C22H27N5O3. The lowest BCUT2D eigenvalue weighted by molar-refractivity contribution is -0.121. The Morgan fingerprint density at radius 1 is 1.13 bits per heavy atom. The van der Waals surface area contributed by atoms with Crippen LogP contribution in [-0.2, 0) is 11.3 Å². The van der Waals surface area contributed by atoms with Gasteiger partial charge in [0.25, 0.3) is 11.3 Å². The first-order chi connectivity index (χ1) is 14.6. The fourth-order valence-electron chi connectivity index (χ4n) is 3.80. The number of amides is 1. The van der Waals surface area contributed by atoms with E-state index >= 15 is 0 Å². The van der Waals surface area contributed by atoms with Gasteiger partial charge in [0.15, 0.2) is 0 Å². The number of nitrogens with zero attached hydrogens (tertiary/aromatic N) is 4. The van der Waals surface area contributed by atoms with Gasteiger partial charge in [0.1, 0.15) is 17.4 Å². The van der Waals surface area contributed by atoms with E-state index in [1.807, 2.05) is 31.2 Å². The van der Waals surface area contributed by atoms with Gasteiger partial charge in [0.05, 0.1) is 0 Å². The van der Waals surface area contributed by atoms with E-state index in [2.05, 4.69) is 20.4 Å². The lowest BCUT2D eigenvalue weighted by Gasteiger charge is -2.26. The molecule has 0 aliphatic carbocycles. The van der Waals surface area contributed by atoms with Gasteiger partial charge in [-0.2, -0.15) is 0 Å². The van der Waals surface area contributed by atoms with Crippen LogP contribution in [0.4, 0.5) is 0 Å². The highest BCUT2D eigenvalue weighted by molar-refractivity contribution is 5.88. The molecule has 1 saturated heterocycles. The van der Waals surface area contributed by atoms with Gasteiger partial charge >= 0.3 is 0 Å². The number of carbonyl (C=O) groups excluding carboxylic acids is 1. The number of rotatable bonds is 7. The number of fused-ring (bicyclic) bond motifs is 1. The molecule has 3 heterocycles. The third-order valence-corrected chi connectivity index (χ3v) is 5.57. The van der Waals surface area contributed by atoms with Gasteiger partial charge in [-0.15, -0.1) is 0 Å². The number of benzene rings is 1. The van der Waals surface area contributed by atoms with E-state index in [1.54, 1.807) is 0 Å². The molecule has 0 radical (unpaired) electrons. The molecule has 1 N–H and O–H groups in total. The number of nitrogens with one attached hydrogen (secondary N) is 1. The first-order valence-corrected chi connectivity index (χ1v) is 10.5. The Bertz CT molecular complexity index is 1060. The number of likely N-dealkylation sites (tertiary alicyclic amines) is 1. The fraction of sp³-hybridized carbons (Fsp3) is 0.455. The molecule has 1 amide bonds. The molecule has 0 atom stereocenters. The van der Waals surface area contributed by atoms with E-state index in [0.717, 1.165) is 30.8 Å². The summed E-state index contributed by atoms with van der Waals surface area (Å²) < 4.78 is 6.69. The van der Waals surface area contributed by atoms with Crippen LogP contribution < -0.4 is 10.9 Å². The van der Waals surface area contributed by atoms with Gasteiger partial charge in [-0.3, -0.25) is 14.2 Å². The molecule has 3 aromatic rings. The topological polar surface area (TPSA) is 93.3 Å². The molecule has 30 heavy (non-hydrogen) atoms. The third-order valence-electron chi connectivity index (χ3n) is 5.57. The molecule has 158 valence electrons. The van der Waals surface area contributed by atoms with Crippen molar-refractivity contribution in [2.45, 2.75) is 39.2 Å². The molecule has 4 rings (SSSR count). The van der Waals surface area contributed by atoms with Crippen molar-refractivity contribution in [1.29, 1.82) is 0 Å². The summed E-state index contributed by atoms with van der Waals surface area (Å²) in [5.41, 5.74) is 2.35. The van der Waals surface area contributed by atoms with E-state index in [1.165, 1.54) is 30.2 Å². The molecular weight excluding hydrogens is 382 g/mol. The van der Waals surface area contributed by atoms with Gasteiger partial charge in [-0.05, 0) is 32.9 Å². The first kappa shape index (κ1) is 20.3. The Kier molecular flexibility index (Phi) is 6.23. The van der Waals surface area contributed by atoms with Crippen molar-refractivity contribution in [2.75, 3.05) is 26.2 Å². The average Bonchev–Trinajstić information content (AvgIpc) is 3.19. The van der Waals surface area contributed by atoms with E-state index in [4.69, 9.17) is 4.52 Å². The van der Waals surface area contributed by atoms with E-state index < -0.39 is 0 Å². The molecule has 1 aromatic carbocycles. The third kappa shape index (κ3) is 4.59. The van der Waals surface area contributed by atoms with Gasteiger partial charge in [0.2, 0.25) is 5.91 Å². The van der Waals surface area contributed by atoms with Crippen molar-refractivity contribution in [3.8, 4) is 11.3 Å². The second-order valence-corrected chi connectivity index (χ2v) is 7.82. The molecule has 1 aliphatic heterocycles. The Balaban J connectivity index is 1.40. The van der Waals surface area contributed by atoms with Crippen molar-refractivity contribution in [1.82, 2.24) is 24.9 Å². The summed E-state index contributed by atoms with van der Waals surface area (Å²) in [6.45, 7) is 5.98. The molecule has 0 spiro atoms. The lowest BCUT2D eigenvalue weighted by Crippen LogP contribution is -2.38. The van der Waals surface area contributed by atoms with Gasteiger partial charge in [-0.25, -0.2) is 4.98 Å². The van der Waals surface area contributed by atoms with Gasteiger partial charge < -0.3 is 14.7 Å². The summed E-state index contributed by atoms with van der Waals surface area (Å²) in [6, 6.07) is 7.72. The van der Waals surface area contributed by atoms with Crippen LogP contribution >= 0.6 is 0 Å². The quantitative estimate of drug-likeness (QED) is 0.644. The van der Waals surface area contributed by atoms with Gasteiger partial charge in [-0.1, -0.05) is 41.4 Å². The number of hydrogen-bond acceptors (Lipinski definition) is 6. The molecule has 8 nitrogen and oxygen atoms in total. The highest BCUT2D eigenvalue weighted by Gasteiger charge is 2.17. The Morgan fingerprint density at radius 3 is 2.67 bits per heavy atom. The predicted octanol–water partition coefficient (Wildman–Crippen LogP) is 2.35. The smallest absolute Gasteiger partial charge is 0.266 e. The standard InChI is InChI=1S/C22H27N5O3/c1-16-5-7-17(8-6-16)20-19-21(30-25-20)24-15-27(22(19)29)13-9-18(28)23-10-14-26-11-3-2-4-12-26/h5-8,15H,2-4,9-14H2,1H3,(H,23,28). The minimum atomic E-state index is -0.252. The molecule has 0 saturated carbocycles. The van der Waals surface area contributed by atoms with Crippen LogP contribution in [0.15, 0.2) is 39.9 Å². The zero-order chi connectivity index (χ0) is 20.9. The highest BCUT2D eigenvalue weighted by atomic mass is 16.5. The van der Waals surface area contributed by atoms with E-state index in [9.17, 15) is 9.59 Å². The molecule has 1 aliphatic rings. The number of hydrogen-bond donors (Lipinski definition) is 1. The molecule has 1 fully saturated rings. The van der Waals surface area contributed by atoms with Gasteiger partial charge in [0, 0.05) is 31.6 Å². The van der Waals surface area contributed by atoms with Crippen LogP contribution in [0, 0.1) is 6.92 Å². The van der Waals surface area contributed by atoms with Crippen molar-refractivity contribution in [3.05, 3.63) is 46.5 Å². The van der Waals surface area contributed by atoms with Crippen molar-refractivity contribution >= 4 is 17.0 Å². The minimum Gasteiger partial charge on any atom is -0.355 e. The summed E-state index contributed by atoms with van der Waals surface area (Å²) in [5.74, 6) is -0.0666. The normalized spacial score (nSPS) is 14.8. The lowest BCUT2D eigenvalue weighted by atomic mass is 10.1. The zero-order valence-electron chi connectivity index (χ0n) is 17.3. The Morgan fingerprint density at radius 2 is 1.90 bits per heavy atom.